The van der Waals surface area contributed by atoms with E-state index in [1.165, 1.54) is 0 Å². The number of rotatable bonds is 20. The molecule has 0 bridgehead atoms. The first-order valence-electron chi connectivity index (χ1n) is 7.90. The standard InChI is InChI=1S/4C3H8O3.Ti/c4*4-2-1-3-6-5;/h4*4-5H,1-3H2;/q;;;;+4/p-4. The molecule has 0 radical (unpaired) electrons. The Morgan fingerprint density at radius 2 is 0.680 bits per heavy atom. The number of aliphatic hydroxyl groups excluding tert-OH is 4. The van der Waals surface area contributed by atoms with Crippen molar-refractivity contribution in [1.29, 1.82) is 0 Å². The molecular formula is C12H28O12Ti. The van der Waals surface area contributed by atoms with Gasteiger partial charge in [0.1, 0.15) is 0 Å². The van der Waals surface area contributed by atoms with E-state index in [0.717, 1.165) is 0 Å². The van der Waals surface area contributed by atoms with Crippen molar-refractivity contribution in [2.75, 3.05) is 52.9 Å². The van der Waals surface area contributed by atoms with Crippen molar-refractivity contribution < 1.29 is 72.0 Å². The number of aliphatic hydroxyl groups is 4. The predicted octanol–water partition coefficient (Wildman–Crippen LogP) is -0.877. The molecule has 0 amide bonds. The van der Waals surface area contributed by atoms with Crippen molar-refractivity contribution in [2.45, 2.75) is 25.7 Å². The zero-order valence-corrected chi connectivity index (χ0v) is 15.6. The van der Waals surface area contributed by atoms with Gasteiger partial charge in [0.15, 0.2) is 0 Å². The third-order valence-electron chi connectivity index (χ3n) is 2.19. The van der Waals surface area contributed by atoms with Gasteiger partial charge in [-0.25, -0.2) is 0 Å². The summed E-state index contributed by atoms with van der Waals surface area (Å²) >= 11 is -4.80. The summed E-state index contributed by atoms with van der Waals surface area (Å²) in [4.78, 5) is 19.5. The summed E-state index contributed by atoms with van der Waals surface area (Å²) in [5.41, 5.74) is 0. The third-order valence-corrected chi connectivity index (χ3v) is 4.20. The molecule has 0 aliphatic heterocycles. The van der Waals surface area contributed by atoms with Gasteiger partial charge in [0.25, 0.3) is 0 Å². The Morgan fingerprint density at radius 3 is 0.880 bits per heavy atom. The van der Waals surface area contributed by atoms with Gasteiger partial charge in [-0.05, 0) is 0 Å². The second kappa shape index (κ2) is 19.0. The van der Waals surface area contributed by atoms with Crippen LogP contribution in [0.2, 0.25) is 0 Å². The number of hydrogen-bond donors (Lipinski definition) is 4. The number of hydrogen-bond acceptors (Lipinski definition) is 12. The Morgan fingerprint density at radius 1 is 0.440 bits per heavy atom. The Labute approximate surface area is 151 Å². The Kier molecular flexibility index (Phi) is 19.2. The van der Waals surface area contributed by atoms with Crippen LogP contribution in [0, 0.1) is 0 Å². The van der Waals surface area contributed by atoms with Gasteiger partial charge in [-0.15, -0.1) is 0 Å². The molecule has 0 aliphatic rings. The SMILES string of the molecule is OCCCO[O][Ti]([O]OCCCO)([O]OCCCO)[O]OCCCO. The molecule has 0 unspecified atom stereocenters. The molecule has 0 atom stereocenters. The molecule has 152 valence electrons. The van der Waals surface area contributed by atoms with Crippen LogP contribution in [0.1, 0.15) is 25.7 Å². The van der Waals surface area contributed by atoms with Crippen molar-refractivity contribution in [1.82, 2.24) is 0 Å². The van der Waals surface area contributed by atoms with E-state index >= 15 is 0 Å². The molecule has 0 aromatic carbocycles. The third kappa shape index (κ3) is 15.0. The molecule has 0 saturated heterocycles. The molecule has 0 heterocycles. The topological polar surface area (TPSA) is 155 Å². The normalized spacial score (nSPS) is 12.0. The van der Waals surface area contributed by atoms with Crippen LogP contribution in [-0.4, -0.2) is 73.3 Å². The quantitative estimate of drug-likeness (QED) is 0.0850. The zero-order valence-electron chi connectivity index (χ0n) is 14.0. The summed E-state index contributed by atoms with van der Waals surface area (Å²) in [5, 5.41) is 35.0. The second-order valence-corrected chi connectivity index (χ2v) is 7.03. The van der Waals surface area contributed by atoms with E-state index in [0.29, 0.717) is 25.7 Å². The van der Waals surface area contributed by atoms with Crippen LogP contribution < -0.4 is 0 Å². The van der Waals surface area contributed by atoms with Gasteiger partial charge in [-0.2, -0.15) is 0 Å². The Hall–Kier alpha value is 0.234. The van der Waals surface area contributed by atoms with E-state index in [1.54, 1.807) is 0 Å². The van der Waals surface area contributed by atoms with Gasteiger partial charge in [0.2, 0.25) is 0 Å². The first kappa shape index (κ1) is 25.2. The fraction of sp³-hybridized carbons (Fsp3) is 1.00. The fourth-order valence-corrected chi connectivity index (χ4v) is 2.71. The molecule has 0 fully saturated rings. The van der Waals surface area contributed by atoms with Crippen LogP contribution >= 0.6 is 0 Å². The predicted molar refractivity (Wildman–Crippen MR) is 75.0 cm³/mol. The van der Waals surface area contributed by atoms with Gasteiger partial charge in [-0.1, -0.05) is 0 Å². The van der Waals surface area contributed by atoms with Crippen LogP contribution in [0.15, 0.2) is 0 Å². The van der Waals surface area contributed by atoms with Crippen LogP contribution in [0.3, 0.4) is 0 Å². The van der Waals surface area contributed by atoms with Gasteiger partial charge in [0.05, 0.1) is 0 Å². The van der Waals surface area contributed by atoms with E-state index in [2.05, 4.69) is 0 Å². The van der Waals surface area contributed by atoms with Gasteiger partial charge < -0.3 is 0 Å². The van der Waals surface area contributed by atoms with Crippen LogP contribution in [0.4, 0.5) is 0 Å². The first-order valence-corrected chi connectivity index (χ1v) is 10.5. The van der Waals surface area contributed by atoms with Gasteiger partial charge >= 0.3 is 151 Å². The molecule has 0 aliphatic carbocycles. The molecule has 0 rings (SSSR count). The van der Waals surface area contributed by atoms with E-state index in [9.17, 15) is 0 Å². The molecule has 0 saturated carbocycles. The van der Waals surface area contributed by atoms with Crippen molar-refractivity contribution in [3.8, 4) is 0 Å². The average Bonchev–Trinajstić information content (AvgIpc) is 2.63. The summed E-state index contributed by atoms with van der Waals surface area (Å²) in [6, 6.07) is 0. The summed E-state index contributed by atoms with van der Waals surface area (Å²) < 4.78 is 20.1. The molecule has 0 spiro atoms. The Balaban J connectivity index is 4.62. The monoisotopic (exact) mass is 412 g/mol. The van der Waals surface area contributed by atoms with E-state index in [-0.39, 0.29) is 52.9 Å². The van der Waals surface area contributed by atoms with Crippen molar-refractivity contribution in [3.05, 3.63) is 0 Å². The molecule has 0 aromatic heterocycles. The zero-order chi connectivity index (χ0) is 18.6. The Bertz CT molecular complexity index is 219. The summed E-state index contributed by atoms with van der Waals surface area (Å²) in [7, 11) is 0. The first-order chi connectivity index (χ1) is 12.2. The van der Waals surface area contributed by atoms with E-state index in [1.807, 2.05) is 0 Å². The molecule has 0 aromatic rings. The minimum absolute atomic E-state index is 0.0174. The molecule has 12 nitrogen and oxygen atoms in total. The van der Waals surface area contributed by atoms with Crippen molar-refractivity contribution in [2.24, 2.45) is 0 Å². The summed E-state index contributed by atoms with van der Waals surface area (Å²) in [5.74, 6) is 0. The molecule has 13 heteroatoms. The second-order valence-electron chi connectivity index (χ2n) is 4.43. The van der Waals surface area contributed by atoms with Gasteiger partial charge in [-0.3, -0.25) is 0 Å². The van der Waals surface area contributed by atoms with Crippen molar-refractivity contribution in [3.63, 3.8) is 0 Å². The van der Waals surface area contributed by atoms with E-state index in [4.69, 9.17) is 53.9 Å². The van der Waals surface area contributed by atoms with Gasteiger partial charge in [0, 0.05) is 0 Å². The van der Waals surface area contributed by atoms with Crippen molar-refractivity contribution >= 4 is 0 Å². The minimum atomic E-state index is -4.80. The molecule has 25 heavy (non-hydrogen) atoms. The summed E-state index contributed by atoms with van der Waals surface area (Å²) in [6.07, 6.45) is 1.17. The van der Waals surface area contributed by atoms with Crippen LogP contribution in [0.25, 0.3) is 0 Å². The average molecular weight is 412 g/mol. The maximum atomic E-state index is 8.74. The summed E-state index contributed by atoms with van der Waals surface area (Å²) in [6.45, 7) is -0.379. The molecule has 4 N–H and O–H groups in total. The molecular weight excluding hydrogens is 384 g/mol. The van der Waals surface area contributed by atoms with Crippen LogP contribution in [-0.2, 0) is 51.6 Å². The van der Waals surface area contributed by atoms with Crippen LogP contribution in [0.5, 0.6) is 0 Å². The fourth-order valence-electron chi connectivity index (χ4n) is 1.03. The maximum absolute atomic E-state index is 8.74. The van der Waals surface area contributed by atoms with E-state index < -0.39 is 18.1 Å².